The molecule has 35 heavy (non-hydrogen) atoms. The van der Waals surface area contributed by atoms with Crippen LogP contribution in [0.25, 0.3) is 0 Å². The average molecular weight is 488 g/mol. The zero-order valence-electron chi connectivity index (χ0n) is 22.3. The minimum absolute atomic E-state index is 0.382. The van der Waals surface area contributed by atoms with E-state index in [0.29, 0.717) is 40.1 Å². The number of nitrogens with zero attached hydrogens (tertiary/aromatic N) is 3. The van der Waals surface area contributed by atoms with Gasteiger partial charge in [0.05, 0.1) is 35.2 Å². The van der Waals surface area contributed by atoms with Gasteiger partial charge in [0.25, 0.3) is 0 Å². The Hall–Kier alpha value is -2.78. The number of aromatic nitrogens is 1. The van der Waals surface area contributed by atoms with Gasteiger partial charge in [-0.25, -0.2) is 4.98 Å². The summed E-state index contributed by atoms with van der Waals surface area (Å²) in [7, 11) is 0. The van der Waals surface area contributed by atoms with E-state index in [-0.39, 0.29) is 0 Å². The van der Waals surface area contributed by atoms with Crippen molar-refractivity contribution in [3.8, 4) is 0 Å². The van der Waals surface area contributed by atoms with Crippen LogP contribution in [0.1, 0.15) is 113 Å². The highest BCUT2D eigenvalue weighted by atomic mass is 35.5. The van der Waals surface area contributed by atoms with Crippen molar-refractivity contribution in [3.05, 3.63) is 87.2 Å². The van der Waals surface area contributed by atoms with Gasteiger partial charge in [0, 0.05) is 5.02 Å². The maximum Gasteiger partial charge on any atom is 0.0835 e. The topological polar surface area (TPSA) is 37.6 Å². The van der Waals surface area contributed by atoms with Crippen LogP contribution in [0, 0.1) is 0 Å². The minimum Gasteiger partial charge on any atom is -0.254 e. The highest BCUT2D eigenvalue weighted by Gasteiger charge is 2.14. The standard InChI is InChI=1S/C31H38ClN3/c1-19(2)26-11-9-12-27(20(3)4)30(26)33-17-24-15-23(32)16-25(35-24)18-34-31-28(21(5)6)13-10-14-29(31)22(7)8/h9-22H,1-8H3. The molecule has 3 aromatic rings. The summed E-state index contributed by atoms with van der Waals surface area (Å²) in [5.41, 5.74) is 8.45. The molecule has 1 aromatic heterocycles. The molecule has 0 radical (unpaired) electrons. The molecule has 0 saturated heterocycles. The van der Waals surface area contributed by atoms with Gasteiger partial charge >= 0.3 is 0 Å². The molecule has 3 rings (SSSR count). The van der Waals surface area contributed by atoms with Crippen LogP contribution in [-0.2, 0) is 0 Å². The molecule has 3 nitrogen and oxygen atoms in total. The number of benzene rings is 2. The first kappa shape index (κ1) is 26.8. The number of para-hydroxylation sites is 2. The smallest absolute Gasteiger partial charge is 0.0835 e. The number of halogens is 1. The Kier molecular flexibility index (Phi) is 9.02. The van der Waals surface area contributed by atoms with Crippen LogP contribution in [0.15, 0.2) is 58.5 Å². The van der Waals surface area contributed by atoms with E-state index in [1.165, 1.54) is 22.3 Å². The molecule has 2 aromatic carbocycles. The van der Waals surface area contributed by atoms with Gasteiger partial charge in [0.2, 0.25) is 0 Å². The molecule has 0 amide bonds. The third-order valence-corrected chi connectivity index (χ3v) is 6.38. The van der Waals surface area contributed by atoms with Crippen molar-refractivity contribution in [1.29, 1.82) is 0 Å². The predicted molar refractivity (Wildman–Crippen MR) is 153 cm³/mol. The molecule has 0 N–H and O–H groups in total. The highest BCUT2D eigenvalue weighted by Crippen LogP contribution is 2.36. The van der Waals surface area contributed by atoms with E-state index < -0.39 is 0 Å². The maximum absolute atomic E-state index is 6.48. The Labute approximate surface area is 216 Å². The highest BCUT2D eigenvalue weighted by molar-refractivity contribution is 6.31. The molecule has 0 aliphatic carbocycles. The Morgan fingerprint density at radius 3 is 1.20 bits per heavy atom. The maximum atomic E-state index is 6.48. The van der Waals surface area contributed by atoms with E-state index >= 15 is 0 Å². The van der Waals surface area contributed by atoms with Crippen LogP contribution >= 0.6 is 11.6 Å². The van der Waals surface area contributed by atoms with Gasteiger partial charge < -0.3 is 0 Å². The second kappa shape index (κ2) is 11.8. The first-order valence-corrected chi connectivity index (χ1v) is 13.0. The van der Waals surface area contributed by atoms with Crippen LogP contribution in [0.3, 0.4) is 0 Å². The second-order valence-corrected chi connectivity index (χ2v) is 10.8. The fourth-order valence-corrected chi connectivity index (χ4v) is 4.48. The summed E-state index contributed by atoms with van der Waals surface area (Å²) >= 11 is 6.48. The summed E-state index contributed by atoms with van der Waals surface area (Å²) in [6.45, 7) is 17.6. The Morgan fingerprint density at radius 1 is 0.600 bits per heavy atom. The van der Waals surface area contributed by atoms with Gasteiger partial charge in [0.1, 0.15) is 0 Å². The first-order valence-electron chi connectivity index (χ1n) is 12.6. The van der Waals surface area contributed by atoms with Crippen LogP contribution in [0.5, 0.6) is 0 Å². The third-order valence-electron chi connectivity index (χ3n) is 6.17. The molecule has 0 bridgehead atoms. The van der Waals surface area contributed by atoms with Crippen LogP contribution in [0.2, 0.25) is 5.02 Å². The molecule has 0 aliphatic rings. The molecular weight excluding hydrogens is 450 g/mol. The summed E-state index contributed by atoms with van der Waals surface area (Å²) < 4.78 is 0. The number of pyridine rings is 1. The third kappa shape index (κ3) is 6.67. The number of hydrogen-bond acceptors (Lipinski definition) is 3. The fourth-order valence-electron chi connectivity index (χ4n) is 4.25. The molecule has 0 spiro atoms. The predicted octanol–water partition coefficient (Wildman–Crippen LogP) is 9.73. The lowest BCUT2D eigenvalue weighted by molar-refractivity contribution is 0.835. The van der Waals surface area contributed by atoms with E-state index in [2.05, 4.69) is 91.8 Å². The number of aliphatic imine (C=N–C) groups is 2. The summed E-state index contributed by atoms with van der Waals surface area (Å²) in [6, 6.07) is 16.6. The largest absolute Gasteiger partial charge is 0.254 e. The van der Waals surface area contributed by atoms with E-state index in [1.54, 1.807) is 0 Å². The molecule has 1 heterocycles. The molecular formula is C31H38ClN3. The van der Waals surface area contributed by atoms with Gasteiger partial charge in [-0.05, 0) is 58.1 Å². The summed E-state index contributed by atoms with van der Waals surface area (Å²) in [5, 5.41) is 0.616. The van der Waals surface area contributed by atoms with Crippen molar-refractivity contribution in [2.45, 2.75) is 79.1 Å². The van der Waals surface area contributed by atoms with Crippen molar-refractivity contribution in [2.24, 2.45) is 9.98 Å². The van der Waals surface area contributed by atoms with Crippen molar-refractivity contribution in [3.63, 3.8) is 0 Å². The normalized spacial score (nSPS) is 12.4. The lowest BCUT2D eigenvalue weighted by Crippen LogP contribution is -1.98. The number of rotatable bonds is 8. The van der Waals surface area contributed by atoms with Gasteiger partial charge in [-0.1, -0.05) is 103 Å². The van der Waals surface area contributed by atoms with E-state index in [1.807, 2.05) is 24.6 Å². The second-order valence-electron chi connectivity index (χ2n) is 10.3. The SMILES string of the molecule is CC(C)c1cccc(C(C)C)c1N=Cc1cc(Cl)cc(C=Nc2c(C(C)C)cccc2C(C)C)n1. The molecule has 184 valence electrons. The van der Waals surface area contributed by atoms with Crippen LogP contribution < -0.4 is 0 Å². The zero-order valence-corrected chi connectivity index (χ0v) is 23.1. The van der Waals surface area contributed by atoms with Gasteiger partial charge in [0.15, 0.2) is 0 Å². The minimum atomic E-state index is 0.382. The summed E-state index contributed by atoms with van der Waals surface area (Å²) in [6.07, 6.45) is 3.63. The van der Waals surface area contributed by atoms with Crippen molar-refractivity contribution < 1.29 is 0 Å². The quantitative estimate of drug-likeness (QED) is 0.291. The zero-order chi connectivity index (χ0) is 25.7. The van der Waals surface area contributed by atoms with Gasteiger partial charge in [-0.15, -0.1) is 0 Å². The average Bonchev–Trinajstić information content (AvgIpc) is 2.80. The van der Waals surface area contributed by atoms with Gasteiger partial charge in [-0.2, -0.15) is 0 Å². The molecule has 0 saturated carbocycles. The number of hydrogen-bond donors (Lipinski definition) is 0. The lowest BCUT2D eigenvalue weighted by atomic mass is 9.93. The van der Waals surface area contributed by atoms with Crippen LogP contribution in [0.4, 0.5) is 11.4 Å². The van der Waals surface area contributed by atoms with E-state index in [4.69, 9.17) is 26.6 Å². The molecule has 4 heteroatoms. The first-order chi connectivity index (χ1) is 16.6. The van der Waals surface area contributed by atoms with Gasteiger partial charge in [-0.3, -0.25) is 9.98 Å². The van der Waals surface area contributed by atoms with E-state index in [0.717, 1.165) is 11.4 Å². The van der Waals surface area contributed by atoms with Crippen molar-refractivity contribution in [1.82, 2.24) is 4.98 Å². The van der Waals surface area contributed by atoms with E-state index in [9.17, 15) is 0 Å². The fraction of sp³-hybridized carbons (Fsp3) is 0.387. The Morgan fingerprint density at radius 2 is 0.914 bits per heavy atom. The molecule has 0 fully saturated rings. The molecule has 0 atom stereocenters. The lowest BCUT2D eigenvalue weighted by Gasteiger charge is -2.16. The summed E-state index contributed by atoms with van der Waals surface area (Å²) in [4.78, 5) is 14.6. The summed E-state index contributed by atoms with van der Waals surface area (Å²) in [5.74, 6) is 1.53. The van der Waals surface area contributed by atoms with Crippen LogP contribution in [-0.4, -0.2) is 17.4 Å². The van der Waals surface area contributed by atoms with Crippen molar-refractivity contribution >= 4 is 35.4 Å². The molecule has 0 aliphatic heterocycles. The molecule has 0 unspecified atom stereocenters. The monoisotopic (exact) mass is 487 g/mol. The Bertz CT molecular complexity index is 1080. The van der Waals surface area contributed by atoms with Crippen molar-refractivity contribution in [2.75, 3.05) is 0 Å². The Balaban J connectivity index is 2.01.